The van der Waals surface area contributed by atoms with Crippen LogP contribution in [0, 0.1) is 6.92 Å². The molecule has 0 unspecified atom stereocenters. The van der Waals surface area contributed by atoms with E-state index in [2.05, 4.69) is 25.9 Å². The number of aryl methyl sites for hydroxylation is 1. The number of nitrogens with one attached hydrogen (secondary N) is 1. The van der Waals surface area contributed by atoms with E-state index in [1.165, 1.54) is 0 Å². The molecule has 1 amide bonds. The highest BCUT2D eigenvalue weighted by Crippen LogP contribution is 2.26. The SMILES string of the molecule is Cc1cc2nc(-c3ccc(N4CCCC4=O)cc3)[nH]c(=O)c2cc1Br. The molecule has 0 saturated carbocycles. The van der Waals surface area contributed by atoms with Crippen LogP contribution in [-0.4, -0.2) is 22.4 Å². The summed E-state index contributed by atoms with van der Waals surface area (Å²) >= 11 is 3.45. The highest BCUT2D eigenvalue weighted by molar-refractivity contribution is 9.10. The van der Waals surface area contributed by atoms with Crippen molar-refractivity contribution >= 4 is 38.4 Å². The first-order chi connectivity index (χ1) is 12.0. The summed E-state index contributed by atoms with van der Waals surface area (Å²) in [7, 11) is 0. The van der Waals surface area contributed by atoms with Gasteiger partial charge in [-0.3, -0.25) is 9.59 Å². The smallest absolute Gasteiger partial charge is 0.259 e. The molecule has 126 valence electrons. The van der Waals surface area contributed by atoms with Crippen LogP contribution >= 0.6 is 15.9 Å². The van der Waals surface area contributed by atoms with Crippen molar-refractivity contribution in [2.75, 3.05) is 11.4 Å². The van der Waals surface area contributed by atoms with Crippen LogP contribution in [0.5, 0.6) is 0 Å². The van der Waals surface area contributed by atoms with Gasteiger partial charge in [0.25, 0.3) is 5.56 Å². The molecule has 1 N–H and O–H groups in total. The number of carbonyl (C=O) groups excluding carboxylic acids is 1. The zero-order valence-corrected chi connectivity index (χ0v) is 15.3. The van der Waals surface area contributed by atoms with Gasteiger partial charge in [0, 0.05) is 28.7 Å². The summed E-state index contributed by atoms with van der Waals surface area (Å²) in [6.07, 6.45) is 1.51. The van der Waals surface area contributed by atoms with Crippen molar-refractivity contribution in [1.29, 1.82) is 0 Å². The number of aromatic amines is 1. The van der Waals surface area contributed by atoms with E-state index >= 15 is 0 Å². The van der Waals surface area contributed by atoms with E-state index in [4.69, 9.17) is 0 Å². The summed E-state index contributed by atoms with van der Waals surface area (Å²) in [6.45, 7) is 2.73. The Morgan fingerprint density at radius 3 is 2.60 bits per heavy atom. The largest absolute Gasteiger partial charge is 0.312 e. The Kier molecular flexibility index (Phi) is 3.92. The molecule has 0 atom stereocenters. The molecule has 25 heavy (non-hydrogen) atoms. The summed E-state index contributed by atoms with van der Waals surface area (Å²) in [5.41, 5.74) is 3.22. The van der Waals surface area contributed by atoms with E-state index in [9.17, 15) is 9.59 Å². The predicted molar refractivity (Wildman–Crippen MR) is 102 cm³/mol. The van der Waals surface area contributed by atoms with Gasteiger partial charge in [-0.2, -0.15) is 0 Å². The first kappa shape index (κ1) is 16.0. The number of hydrogen-bond acceptors (Lipinski definition) is 3. The first-order valence-corrected chi connectivity index (χ1v) is 8.93. The van der Waals surface area contributed by atoms with Crippen molar-refractivity contribution in [2.24, 2.45) is 0 Å². The standard InChI is InChI=1S/C19H16BrN3O2/c1-11-9-16-14(10-15(11)20)19(25)22-18(21-16)12-4-6-13(7-5-12)23-8-2-3-17(23)24/h4-7,9-10H,2-3,8H2,1H3,(H,21,22,25). The quantitative estimate of drug-likeness (QED) is 0.715. The Morgan fingerprint density at radius 2 is 1.92 bits per heavy atom. The Bertz CT molecular complexity index is 1040. The molecule has 6 heteroatoms. The van der Waals surface area contributed by atoms with E-state index in [1.54, 1.807) is 11.0 Å². The fourth-order valence-corrected chi connectivity index (χ4v) is 3.46. The highest BCUT2D eigenvalue weighted by Gasteiger charge is 2.21. The zero-order valence-electron chi connectivity index (χ0n) is 13.7. The lowest BCUT2D eigenvalue weighted by Crippen LogP contribution is -2.23. The number of rotatable bonds is 2. The molecule has 4 rings (SSSR count). The molecule has 1 aromatic heterocycles. The maximum atomic E-state index is 12.4. The molecule has 0 bridgehead atoms. The molecular formula is C19H16BrN3O2. The molecule has 0 spiro atoms. The third-order valence-corrected chi connectivity index (χ3v) is 5.37. The number of anilines is 1. The number of aromatic nitrogens is 2. The van der Waals surface area contributed by atoms with Gasteiger partial charge in [-0.05, 0) is 55.3 Å². The predicted octanol–water partition coefficient (Wildman–Crippen LogP) is 3.79. The van der Waals surface area contributed by atoms with Gasteiger partial charge in [0.2, 0.25) is 5.91 Å². The van der Waals surface area contributed by atoms with Gasteiger partial charge < -0.3 is 9.88 Å². The average Bonchev–Trinajstić information content (AvgIpc) is 3.03. The van der Waals surface area contributed by atoms with E-state index in [0.29, 0.717) is 23.1 Å². The van der Waals surface area contributed by atoms with Crippen LogP contribution in [0.3, 0.4) is 0 Å². The summed E-state index contributed by atoms with van der Waals surface area (Å²) in [6, 6.07) is 11.3. The lowest BCUT2D eigenvalue weighted by atomic mass is 10.1. The van der Waals surface area contributed by atoms with Crippen LogP contribution in [0.1, 0.15) is 18.4 Å². The molecule has 1 aliphatic rings. The van der Waals surface area contributed by atoms with Gasteiger partial charge in [0.15, 0.2) is 0 Å². The summed E-state index contributed by atoms with van der Waals surface area (Å²) in [5, 5.41) is 0.556. The Morgan fingerprint density at radius 1 is 1.16 bits per heavy atom. The van der Waals surface area contributed by atoms with Crippen molar-refractivity contribution in [1.82, 2.24) is 9.97 Å². The molecule has 1 fully saturated rings. The molecule has 5 nitrogen and oxygen atoms in total. The number of amides is 1. The zero-order chi connectivity index (χ0) is 17.6. The fraction of sp³-hybridized carbons (Fsp3) is 0.211. The molecule has 0 aliphatic carbocycles. The van der Waals surface area contributed by atoms with Crippen LogP contribution in [-0.2, 0) is 4.79 Å². The van der Waals surface area contributed by atoms with Crippen molar-refractivity contribution < 1.29 is 4.79 Å². The van der Waals surface area contributed by atoms with Gasteiger partial charge in [-0.25, -0.2) is 4.98 Å². The Labute approximate surface area is 152 Å². The van der Waals surface area contributed by atoms with Crippen LogP contribution in [0.2, 0.25) is 0 Å². The molecule has 1 aliphatic heterocycles. The second kappa shape index (κ2) is 6.11. The lowest BCUT2D eigenvalue weighted by molar-refractivity contribution is -0.117. The molecule has 1 saturated heterocycles. The van der Waals surface area contributed by atoms with Gasteiger partial charge in [-0.1, -0.05) is 15.9 Å². The van der Waals surface area contributed by atoms with E-state index in [0.717, 1.165) is 34.3 Å². The van der Waals surface area contributed by atoms with Crippen molar-refractivity contribution in [3.8, 4) is 11.4 Å². The minimum absolute atomic E-state index is 0.158. The normalized spacial score (nSPS) is 14.5. The van der Waals surface area contributed by atoms with Crippen molar-refractivity contribution in [2.45, 2.75) is 19.8 Å². The monoisotopic (exact) mass is 397 g/mol. The van der Waals surface area contributed by atoms with E-state index < -0.39 is 0 Å². The minimum Gasteiger partial charge on any atom is -0.312 e. The molecular weight excluding hydrogens is 382 g/mol. The fourth-order valence-electron chi connectivity index (χ4n) is 3.12. The molecule has 3 aromatic rings. The van der Waals surface area contributed by atoms with E-state index in [1.807, 2.05) is 37.3 Å². The summed E-state index contributed by atoms with van der Waals surface area (Å²) in [5.74, 6) is 0.685. The topological polar surface area (TPSA) is 66.1 Å². The molecule has 2 aromatic carbocycles. The van der Waals surface area contributed by atoms with Gasteiger partial charge in [-0.15, -0.1) is 0 Å². The average molecular weight is 398 g/mol. The number of fused-ring (bicyclic) bond motifs is 1. The maximum Gasteiger partial charge on any atom is 0.259 e. The van der Waals surface area contributed by atoms with Crippen LogP contribution in [0.4, 0.5) is 5.69 Å². The number of nitrogens with zero attached hydrogens (tertiary/aromatic N) is 2. The Hall–Kier alpha value is -2.47. The van der Waals surface area contributed by atoms with Crippen LogP contribution in [0.15, 0.2) is 45.7 Å². The van der Waals surface area contributed by atoms with E-state index in [-0.39, 0.29) is 11.5 Å². The van der Waals surface area contributed by atoms with Gasteiger partial charge in [0.05, 0.1) is 10.9 Å². The number of halogens is 1. The third-order valence-electron chi connectivity index (χ3n) is 4.51. The third kappa shape index (κ3) is 2.87. The van der Waals surface area contributed by atoms with Crippen molar-refractivity contribution in [3.63, 3.8) is 0 Å². The number of benzene rings is 2. The Balaban J connectivity index is 1.75. The molecule has 0 radical (unpaired) electrons. The number of H-pyrrole nitrogens is 1. The summed E-state index contributed by atoms with van der Waals surface area (Å²) < 4.78 is 0.889. The minimum atomic E-state index is -0.167. The van der Waals surface area contributed by atoms with Crippen molar-refractivity contribution in [3.05, 3.63) is 56.8 Å². The van der Waals surface area contributed by atoms with Gasteiger partial charge >= 0.3 is 0 Å². The molecule has 2 heterocycles. The number of carbonyl (C=O) groups is 1. The van der Waals surface area contributed by atoms with Gasteiger partial charge in [0.1, 0.15) is 5.82 Å². The van der Waals surface area contributed by atoms with Crippen LogP contribution in [0.25, 0.3) is 22.3 Å². The highest BCUT2D eigenvalue weighted by atomic mass is 79.9. The lowest BCUT2D eigenvalue weighted by Gasteiger charge is -2.15. The second-order valence-electron chi connectivity index (χ2n) is 6.23. The first-order valence-electron chi connectivity index (χ1n) is 8.14. The summed E-state index contributed by atoms with van der Waals surface area (Å²) in [4.78, 5) is 33.5. The number of hydrogen-bond donors (Lipinski definition) is 1. The second-order valence-corrected chi connectivity index (χ2v) is 7.08. The maximum absolute atomic E-state index is 12.4. The van der Waals surface area contributed by atoms with Crippen LogP contribution < -0.4 is 10.5 Å².